The molecule has 0 bridgehead atoms. The lowest BCUT2D eigenvalue weighted by Gasteiger charge is -2.18. The Balaban J connectivity index is 1.32. The fourth-order valence-corrected chi connectivity index (χ4v) is 5.41. The third-order valence-electron chi connectivity index (χ3n) is 5.89. The summed E-state index contributed by atoms with van der Waals surface area (Å²) in [6.45, 7) is 0. The van der Waals surface area contributed by atoms with Crippen LogP contribution in [-0.4, -0.2) is 22.0 Å². The molecule has 1 saturated heterocycles. The fraction of sp³-hybridized carbons (Fsp3) is 0.231. The van der Waals surface area contributed by atoms with Gasteiger partial charge in [-0.2, -0.15) is 5.26 Å². The number of benzene rings is 2. The zero-order valence-corrected chi connectivity index (χ0v) is 19.7. The number of halogens is 1. The first-order valence-electron chi connectivity index (χ1n) is 11.0. The highest BCUT2D eigenvalue weighted by molar-refractivity contribution is 8.00. The van der Waals surface area contributed by atoms with Crippen molar-refractivity contribution >= 4 is 40.9 Å². The zero-order chi connectivity index (χ0) is 23.7. The van der Waals surface area contributed by atoms with E-state index in [0.717, 1.165) is 36.9 Å². The van der Waals surface area contributed by atoms with Crippen molar-refractivity contribution in [2.24, 2.45) is 0 Å². The van der Waals surface area contributed by atoms with Gasteiger partial charge in [0, 0.05) is 17.1 Å². The number of carbonyl (C=O) groups excluding carboxylic acids is 2. The van der Waals surface area contributed by atoms with E-state index in [2.05, 4.69) is 6.07 Å². The molecule has 2 aromatic carbocycles. The van der Waals surface area contributed by atoms with Crippen molar-refractivity contribution in [3.63, 3.8) is 0 Å². The van der Waals surface area contributed by atoms with E-state index < -0.39 is 5.25 Å². The van der Waals surface area contributed by atoms with Crippen LogP contribution in [-0.2, 0) is 22.4 Å². The van der Waals surface area contributed by atoms with Crippen LogP contribution in [0, 0.1) is 11.3 Å². The van der Waals surface area contributed by atoms with Gasteiger partial charge in [-0.3, -0.25) is 9.59 Å². The predicted molar refractivity (Wildman–Crippen MR) is 130 cm³/mol. The van der Waals surface area contributed by atoms with E-state index in [1.165, 1.54) is 16.7 Å². The minimum Gasteiger partial charge on any atom is -0.457 e. The summed E-state index contributed by atoms with van der Waals surface area (Å²) in [5, 5.41) is 10.1. The van der Waals surface area contributed by atoms with Crippen LogP contribution in [0.1, 0.15) is 36.1 Å². The number of imide groups is 1. The van der Waals surface area contributed by atoms with Crippen LogP contribution in [0.15, 0.2) is 59.6 Å². The summed E-state index contributed by atoms with van der Waals surface area (Å²) in [4.78, 5) is 31.8. The van der Waals surface area contributed by atoms with E-state index in [4.69, 9.17) is 21.3 Å². The van der Waals surface area contributed by atoms with Gasteiger partial charge in [0.05, 0.1) is 16.5 Å². The van der Waals surface area contributed by atoms with Crippen LogP contribution in [0.4, 0.5) is 5.69 Å². The van der Waals surface area contributed by atoms with E-state index in [1.54, 1.807) is 48.5 Å². The van der Waals surface area contributed by atoms with Crippen molar-refractivity contribution in [1.29, 1.82) is 5.26 Å². The number of amides is 2. The number of thioether (sulfide) groups is 1. The van der Waals surface area contributed by atoms with Gasteiger partial charge in [0.15, 0.2) is 0 Å². The summed E-state index contributed by atoms with van der Waals surface area (Å²) < 4.78 is 5.79. The van der Waals surface area contributed by atoms with Gasteiger partial charge in [0.2, 0.25) is 11.8 Å². The van der Waals surface area contributed by atoms with Gasteiger partial charge in [-0.1, -0.05) is 23.4 Å². The number of hydrogen-bond donors (Lipinski definition) is 0. The average molecular weight is 490 g/mol. The molecule has 34 heavy (non-hydrogen) atoms. The Morgan fingerprint density at radius 3 is 2.41 bits per heavy atom. The molecule has 8 heteroatoms. The summed E-state index contributed by atoms with van der Waals surface area (Å²) in [6, 6.07) is 17.9. The van der Waals surface area contributed by atoms with E-state index in [1.807, 2.05) is 6.07 Å². The molecule has 6 nitrogen and oxygen atoms in total. The van der Waals surface area contributed by atoms with Gasteiger partial charge < -0.3 is 4.74 Å². The number of rotatable bonds is 5. The highest BCUT2D eigenvalue weighted by Crippen LogP contribution is 2.36. The first kappa shape index (κ1) is 22.5. The minimum atomic E-state index is -0.612. The Morgan fingerprint density at radius 1 is 1.03 bits per heavy atom. The van der Waals surface area contributed by atoms with Crippen LogP contribution in [0.25, 0.3) is 0 Å². The quantitative estimate of drug-likeness (QED) is 0.427. The molecular weight excluding hydrogens is 470 g/mol. The van der Waals surface area contributed by atoms with Gasteiger partial charge in [-0.15, -0.1) is 0 Å². The highest BCUT2D eigenvalue weighted by Gasteiger charge is 2.41. The number of carbonyl (C=O) groups is 2. The molecule has 0 saturated carbocycles. The third-order valence-corrected chi connectivity index (χ3v) is 7.33. The number of pyridine rings is 1. The molecule has 1 atom stereocenters. The smallest absolute Gasteiger partial charge is 0.247 e. The Bertz CT molecular complexity index is 1300. The maximum absolute atomic E-state index is 13.1. The summed E-state index contributed by atoms with van der Waals surface area (Å²) in [7, 11) is 0. The Kier molecular flexibility index (Phi) is 6.27. The van der Waals surface area contributed by atoms with E-state index in [0.29, 0.717) is 32.8 Å². The van der Waals surface area contributed by atoms with Gasteiger partial charge in [-0.25, -0.2) is 9.88 Å². The molecule has 170 valence electrons. The van der Waals surface area contributed by atoms with E-state index in [9.17, 15) is 14.9 Å². The maximum Gasteiger partial charge on any atom is 0.247 e. The van der Waals surface area contributed by atoms with Crippen LogP contribution in [0.2, 0.25) is 5.02 Å². The highest BCUT2D eigenvalue weighted by atomic mass is 35.5. The van der Waals surface area contributed by atoms with Crippen LogP contribution >= 0.6 is 23.4 Å². The van der Waals surface area contributed by atoms with Crippen molar-refractivity contribution in [2.75, 3.05) is 4.90 Å². The molecule has 0 spiro atoms. The largest absolute Gasteiger partial charge is 0.457 e. The first-order valence-corrected chi connectivity index (χ1v) is 12.3. The number of fused-ring (bicyclic) bond motifs is 1. The molecule has 5 rings (SSSR count). The zero-order valence-electron chi connectivity index (χ0n) is 18.2. The van der Waals surface area contributed by atoms with Crippen molar-refractivity contribution in [3.05, 3.63) is 76.4 Å². The number of nitriles is 1. The lowest BCUT2D eigenvalue weighted by atomic mass is 9.95. The van der Waals surface area contributed by atoms with E-state index in [-0.39, 0.29) is 18.2 Å². The summed E-state index contributed by atoms with van der Waals surface area (Å²) >= 11 is 7.11. The van der Waals surface area contributed by atoms with E-state index >= 15 is 0 Å². The normalized spacial score (nSPS) is 17.4. The third kappa shape index (κ3) is 4.52. The second-order valence-corrected chi connectivity index (χ2v) is 9.82. The Hall–Kier alpha value is -3.34. The van der Waals surface area contributed by atoms with Gasteiger partial charge >= 0.3 is 0 Å². The number of anilines is 1. The Labute approximate surface area is 206 Å². The van der Waals surface area contributed by atoms with Crippen molar-refractivity contribution in [1.82, 2.24) is 4.98 Å². The summed E-state index contributed by atoms with van der Waals surface area (Å²) in [5.41, 5.74) is 3.06. The topological polar surface area (TPSA) is 83.3 Å². The SMILES string of the molecule is N#Cc1cc2c(nc1SC1CC(=O)N(c3ccc(Oc4ccc(Cl)cc4)cc3)C1=O)CCCC2. The molecule has 2 heterocycles. The first-order chi connectivity index (χ1) is 16.5. The molecule has 1 aliphatic heterocycles. The minimum absolute atomic E-state index is 0.0656. The molecule has 1 fully saturated rings. The van der Waals surface area contributed by atoms with Gasteiger partial charge in [0.1, 0.15) is 22.6 Å². The number of hydrogen-bond acceptors (Lipinski definition) is 6. The number of ether oxygens (including phenoxy) is 1. The number of aryl methyl sites for hydroxylation is 2. The number of nitrogens with zero attached hydrogens (tertiary/aromatic N) is 3. The molecule has 3 aromatic rings. The Morgan fingerprint density at radius 2 is 1.71 bits per heavy atom. The van der Waals surface area contributed by atoms with Crippen molar-refractivity contribution in [3.8, 4) is 17.6 Å². The van der Waals surface area contributed by atoms with Crippen LogP contribution < -0.4 is 9.64 Å². The molecular formula is C26H20ClN3O3S. The molecule has 2 amide bonds. The lowest BCUT2D eigenvalue weighted by Crippen LogP contribution is -2.31. The lowest BCUT2D eigenvalue weighted by molar-refractivity contribution is -0.121. The predicted octanol–water partition coefficient (Wildman–Crippen LogP) is 5.70. The molecule has 2 aliphatic rings. The standard InChI is InChI=1S/C26H20ClN3O3S/c27-18-5-9-20(10-6-18)33-21-11-7-19(8-12-21)30-24(31)14-23(26(30)32)34-25-17(15-28)13-16-3-1-2-4-22(16)29-25/h5-13,23H,1-4,14H2. The molecule has 1 aliphatic carbocycles. The molecule has 0 N–H and O–H groups in total. The fourth-order valence-electron chi connectivity index (χ4n) is 4.19. The van der Waals surface area contributed by atoms with Crippen molar-refractivity contribution < 1.29 is 14.3 Å². The monoisotopic (exact) mass is 489 g/mol. The maximum atomic E-state index is 13.1. The van der Waals surface area contributed by atoms with Crippen LogP contribution in [0.5, 0.6) is 11.5 Å². The van der Waals surface area contributed by atoms with Gasteiger partial charge in [-0.05, 0) is 85.8 Å². The van der Waals surface area contributed by atoms with Crippen LogP contribution in [0.3, 0.4) is 0 Å². The van der Waals surface area contributed by atoms with Gasteiger partial charge in [0.25, 0.3) is 0 Å². The second-order valence-electron chi connectivity index (χ2n) is 8.19. The summed E-state index contributed by atoms with van der Waals surface area (Å²) in [5.74, 6) is 0.635. The summed E-state index contributed by atoms with van der Waals surface area (Å²) in [6.07, 6.45) is 4.04. The second kappa shape index (κ2) is 9.49. The molecule has 1 unspecified atom stereocenters. The molecule has 1 aromatic heterocycles. The van der Waals surface area contributed by atoms with Crippen molar-refractivity contribution in [2.45, 2.75) is 42.4 Å². The number of aromatic nitrogens is 1. The average Bonchev–Trinajstić information content (AvgIpc) is 3.13. The molecule has 0 radical (unpaired) electrons.